The van der Waals surface area contributed by atoms with E-state index in [1.165, 1.54) is 12.8 Å². The summed E-state index contributed by atoms with van der Waals surface area (Å²) in [5.74, 6) is 7.06. The highest BCUT2D eigenvalue weighted by Crippen LogP contribution is 2.27. The van der Waals surface area contributed by atoms with Crippen molar-refractivity contribution in [3.63, 3.8) is 0 Å². The third-order valence-electron chi connectivity index (χ3n) is 1.92. The summed E-state index contributed by atoms with van der Waals surface area (Å²) >= 11 is 0. The summed E-state index contributed by atoms with van der Waals surface area (Å²) in [5, 5.41) is 0. The minimum absolute atomic E-state index is 0.679. The summed E-state index contributed by atoms with van der Waals surface area (Å²) in [5.41, 5.74) is 2.13. The summed E-state index contributed by atoms with van der Waals surface area (Å²) in [6, 6.07) is 8.04. The van der Waals surface area contributed by atoms with Gasteiger partial charge in [0.25, 0.3) is 0 Å². The third-order valence-corrected chi connectivity index (χ3v) is 1.92. The van der Waals surface area contributed by atoms with Crippen LogP contribution >= 0.6 is 0 Å². The van der Waals surface area contributed by atoms with Crippen molar-refractivity contribution in [3.8, 4) is 11.8 Å². The van der Waals surface area contributed by atoms with E-state index in [0.29, 0.717) is 5.92 Å². The second-order valence-corrected chi connectivity index (χ2v) is 3.24. The molecule has 0 aliphatic heterocycles. The Morgan fingerprint density at radius 1 is 1.33 bits per heavy atom. The molecule has 0 atom stereocenters. The van der Waals surface area contributed by atoms with E-state index in [-0.39, 0.29) is 0 Å². The Morgan fingerprint density at radius 3 is 2.83 bits per heavy atom. The van der Waals surface area contributed by atoms with Crippen molar-refractivity contribution in [1.82, 2.24) is 0 Å². The first-order valence-corrected chi connectivity index (χ1v) is 4.28. The molecule has 0 N–H and O–H groups in total. The molecule has 1 aromatic rings. The number of rotatable bonds is 0. The van der Waals surface area contributed by atoms with Gasteiger partial charge in [-0.15, -0.1) is 0 Å². The van der Waals surface area contributed by atoms with Crippen LogP contribution in [0.5, 0.6) is 0 Å². The molecule has 59 valence electrons. The van der Waals surface area contributed by atoms with E-state index in [2.05, 4.69) is 18.8 Å². The molecule has 0 heteroatoms. The smallest absolute Gasteiger partial charge is 0.0248 e. The van der Waals surface area contributed by atoms with Crippen molar-refractivity contribution >= 4 is 0 Å². The quantitative estimate of drug-likeness (QED) is 0.505. The Kier molecular flexibility index (Phi) is 1.87. The molecular weight excluding hydrogens is 144 g/mol. The molecule has 0 bridgehead atoms. The molecule has 1 aromatic carbocycles. The first kappa shape index (κ1) is 7.43. The van der Waals surface area contributed by atoms with E-state index in [4.69, 9.17) is 0 Å². The highest BCUT2D eigenvalue weighted by molar-refractivity contribution is 5.38. The first-order valence-electron chi connectivity index (χ1n) is 4.28. The zero-order valence-electron chi connectivity index (χ0n) is 7.01. The predicted molar refractivity (Wildman–Crippen MR) is 50.5 cm³/mol. The van der Waals surface area contributed by atoms with Crippen LogP contribution in [0.3, 0.4) is 0 Å². The number of hydrogen-bond acceptors (Lipinski definition) is 0. The lowest BCUT2D eigenvalue weighted by atomic mass is 10.1. The molecule has 1 aliphatic carbocycles. The van der Waals surface area contributed by atoms with Gasteiger partial charge in [-0.3, -0.25) is 0 Å². The van der Waals surface area contributed by atoms with Crippen LogP contribution in [0.2, 0.25) is 0 Å². The van der Waals surface area contributed by atoms with Gasteiger partial charge in [-0.05, 0) is 37.5 Å². The largest absolute Gasteiger partial charge is 0.0945 e. The molecule has 12 heavy (non-hydrogen) atoms. The lowest BCUT2D eigenvalue weighted by Crippen LogP contribution is -1.76. The SMILES string of the molecule is [CH2]c1cccc(C#CC2CC2)c1. The lowest BCUT2D eigenvalue weighted by molar-refractivity contribution is 1.18. The second kappa shape index (κ2) is 3.03. The number of benzene rings is 1. The maximum atomic E-state index is 3.86. The summed E-state index contributed by atoms with van der Waals surface area (Å²) < 4.78 is 0. The Bertz CT molecular complexity index is 335. The summed E-state index contributed by atoms with van der Waals surface area (Å²) in [6.45, 7) is 3.86. The van der Waals surface area contributed by atoms with Crippen LogP contribution in [-0.4, -0.2) is 0 Å². The molecule has 0 spiro atoms. The Labute approximate surface area is 73.6 Å². The first-order chi connectivity index (χ1) is 5.84. The van der Waals surface area contributed by atoms with Crippen LogP contribution in [0.4, 0.5) is 0 Å². The Hall–Kier alpha value is -1.22. The van der Waals surface area contributed by atoms with Crippen LogP contribution in [0.1, 0.15) is 24.0 Å². The molecule has 0 heterocycles. The van der Waals surface area contributed by atoms with E-state index in [1.807, 2.05) is 24.3 Å². The van der Waals surface area contributed by atoms with Crippen molar-refractivity contribution in [2.24, 2.45) is 5.92 Å². The van der Waals surface area contributed by atoms with Crippen molar-refractivity contribution in [2.45, 2.75) is 12.8 Å². The van der Waals surface area contributed by atoms with Gasteiger partial charge in [0.1, 0.15) is 0 Å². The highest BCUT2D eigenvalue weighted by Gasteiger charge is 2.17. The van der Waals surface area contributed by atoms with Gasteiger partial charge in [-0.25, -0.2) is 0 Å². The van der Waals surface area contributed by atoms with E-state index in [1.54, 1.807) is 0 Å². The van der Waals surface area contributed by atoms with E-state index < -0.39 is 0 Å². The fraction of sp³-hybridized carbons (Fsp3) is 0.250. The molecule has 1 saturated carbocycles. The van der Waals surface area contributed by atoms with Crippen molar-refractivity contribution in [1.29, 1.82) is 0 Å². The van der Waals surface area contributed by atoms with Gasteiger partial charge in [0, 0.05) is 11.5 Å². The van der Waals surface area contributed by atoms with Crippen LogP contribution in [0.15, 0.2) is 24.3 Å². The monoisotopic (exact) mass is 155 g/mol. The molecule has 2 rings (SSSR count). The summed E-state index contributed by atoms with van der Waals surface area (Å²) in [4.78, 5) is 0. The molecule has 0 unspecified atom stereocenters. The Morgan fingerprint density at radius 2 is 2.17 bits per heavy atom. The zero-order chi connectivity index (χ0) is 8.39. The van der Waals surface area contributed by atoms with E-state index in [9.17, 15) is 0 Å². The van der Waals surface area contributed by atoms with Gasteiger partial charge in [-0.2, -0.15) is 0 Å². The minimum Gasteiger partial charge on any atom is -0.0945 e. The predicted octanol–water partition coefficient (Wildman–Crippen LogP) is 2.63. The summed E-state index contributed by atoms with van der Waals surface area (Å²) in [6.07, 6.45) is 2.58. The molecular formula is C12H11. The van der Waals surface area contributed by atoms with Crippen molar-refractivity contribution < 1.29 is 0 Å². The highest BCUT2D eigenvalue weighted by atomic mass is 14.2. The van der Waals surface area contributed by atoms with E-state index >= 15 is 0 Å². The average Bonchev–Trinajstić information content (AvgIpc) is 2.84. The minimum atomic E-state index is 0.679. The summed E-state index contributed by atoms with van der Waals surface area (Å²) in [7, 11) is 0. The Balaban J connectivity index is 2.18. The van der Waals surface area contributed by atoms with Gasteiger partial charge in [0.05, 0.1) is 0 Å². The maximum Gasteiger partial charge on any atom is 0.0248 e. The molecule has 0 saturated heterocycles. The van der Waals surface area contributed by atoms with Crippen LogP contribution in [-0.2, 0) is 0 Å². The van der Waals surface area contributed by atoms with Crippen LogP contribution < -0.4 is 0 Å². The van der Waals surface area contributed by atoms with Crippen LogP contribution in [0.25, 0.3) is 0 Å². The van der Waals surface area contributed by atoms with E-state index in [0.717, 1.165) is 11.1 Å². The van der Waals surface area contributed by atoms with Gasteiger partial charge >= 0.3 is 0 Å². The molecule has 1 aliphatic rings. The number of hydrogen-bond donors (Lipinski definition) is 0. The van der Waals surface area contributed by atoms with Gasteiger partial charge < -0.3 is 0 Å². The van der Waals surface area contributed by atoms with Gasteiger partial charge in [0.15, 0.2) is 0 Å². The fourth-order valence-electron chi connectivity index (χ4n) is 1.06. The third kappa shape index (κ3) is 1.89. The second-order valence-electron chi connectivity index (χ2n) is 3.24. The van der Waals surface area contributed by atoms with Crippen molar-refractivity contribution in [3.05, 3.63) is 42.3 Å². The van der Waals surface area contributed by atoms with Gasteiger partial charge in [0.2, 0.25) is 0 Å². The zero-order valence-corrected chi connectivity index (χ0v) is 7.01. The molecule has 0 aromatic heterocycles. The lowest BCUT2D eigenvalue weighted by Gasteiger charge is -1.91. The normalized spacial score (nSPS) is 15.1. The van der Waals surface area contributed by atoms with Crippen molar-refractivity contribution in [2.75, 3.05) is 0 Å². The average molecular weight is 155 g/mol. The fourth-order valence-corrected chi connectivity index (χ4v) is 1.06. The standard InChI is InChI=1S/C12H11/c1-10-3-2-4-12(9-10)8-7-11-5-6-11/h2-4,9,11H,1,5-6H2. The molecule has 1 fully saturated rings. The van der Waals surface area contributed by atoms with Crippen LogP contribution in [0, 0.1) is 24.7 Å². The van der Waals surface area contributed by atoms with Gasteiger partial charge in [-0.1, -0.05) is 24.0 Å². The molecule has 1 radical (unpaired) electrons. The molecule has 0 amide bonds. The maximum absolute atomic E-state index is 3.86. The molecule has 0 nitrogen and oxygen atoms in total. The topological polar surface area (TPSA) is 0 Å².